The van der Waals surface area contributed by atoms with E-state index in [1.54, 1.807) is 25.4 Å². The van der Waals surface area contributed by atoms with Gasteiger partial charge < -0.3 is 9.64 Å². The summed E-state index contributed by atoms with van der Waals surface area (Å²) in [5.74, 6) is 0.471. The van der Waals surface area contributed by atoms with Crippen LogP contribution in [0.15, 0.2) is 18.3 Å². The average molecular weight is 236 g/mol. The van der Waals surface area contributed by atoms with Crippen LogP contribution in [0.5, 0.6) is 5.88 Å². The Morgan fingerprint density at radius 2 is 1.88 bits per heavy atom. The molecule has 0 radical (unpaired) electrons. The molecule has 0 aliphatic rings. The van der Waals surface area contributed by atoms with E-state index in [1.807, 2.05) is 32.6 Å². The first-order chi connectivity index (χ1) is 7.97. The molecule has 1 aromatic rings. The van der Waals surface area contributed by atoms with Crippen molar-refractivity contribution >= 4 is 5.91 Å². The van der Waals surface area contributed by atoms with Crippen molar-refractivity contribution in [2.45, 2.75) is 39.8 Å². The molecule has 4 heteroatoms. The number of hydrogen-bond acceptors (Lipinski definition) is 3. The molecule has 0 aliphatic carbocycles. The van der Waals surface area contributed by atoms with Crippen LogP contribution in [0, 0.1) is 0 Å². The van der Waals surface area contributed by atoms with Gasteiger partial charge in [-0.15, -0.1) is 0 Å². The van der Waals surface area contributed by atoms with Gasteiger partial charge in [0.15, 0.2) is 0 Å². The number of nitrogens with zero attached hydrogens (tertiary/aromatic N) is 2. The van der Waals surface area contributed by atoms with Gasteiger partial charge in [-0.2, -0.15) is 0 Å². The number of rotatable bonds is 4. The first-order valence-corrected chi connectivity index (χ1v) is 5.80. The second-order valence-electron chi connectivity index (χ2n) is 4.49. The third-order valence-electron chi connectivity index (χ3n) is 2.54. The average Bonchev–Trinajstić information content (AvgIpc) is 2.28. The summed E-state index contributed by atoms with van der Waals surface area (Å²) in [4.78, 5) is 18.2. The summed E-state index contributed by atoms with van der Waals surface area (Å²) in [5, 5.41) is 0. The third-order valence-corrected chi connectivity index (χ3v) is 2.54. The largest absolute Gasteiger partial charge is 0.481 e. The molecule has 1 rings (SSSR count). The van der Waals surface area contributed by atoms with Crippen molar-refractivity contribution in [2.24, 2.45) is 0 Å². The van der Waals surface area contributed by atoms with E-state index in [9.17, 15) is 4.79 Å². The Labute approximate surface area is 103 Å². The quantitative estimate of drug-likeness (QED) is 0.806. The van der Waals surface area contributed by atoms with Gasteiger partial charge in [0.2, 0.25) is 5.88 Å². The van der Waals surface area contributed by atoms with Crippen molar-refractivity contribution in [3.8, 4) is 5.88 Å². The lowest BCUT2D eigenvalue weighted by Gasteiger charge is -2.30. The Balaban J connectivity index is 3.01. The molecule has 0 fully saturated rings. The maximum atomic E-state index is 12.3. The van der Waals surface area contributed by atoms with Crippen LogP contribution in [0.3, 0.4) is 0 Å². The topological polar surface area (TPSA) is 42.4 Å². The molecule has 0 saturated carbocycles. The predicted octanol–water partition coefficient (Wildman–Crippen LogP) is 2.35. The molecule has 0 aliphatic heterocycles. The fourth-order valence-corrected chi connectivity index (χ4v) is 1.87. The zero-order valence-electron chi connectivity index (χ0n) is 11.1. The number of amides is 1. The zero-order chi connectivity index (χ0) is 13.0. The number of methoxy groups -OCH3 is 1. The minimum atomic E-state index is 0.00991. The second-order valence-corrected chi connectivity index (χ2v) is 4.49. The molecule has 1 amide bonds. The van der Waals surface area contributed by atoms with Gasteiger partial charge in [-0.05, 0) is 33.8 Å². The van der Waals surface area contributed by atoms with Crippen molar-refractivity contribution in [2.75, 3.05) is 7.11 Å². The van der Waals surface area contributed by atoms with Crippen molar-refractivity contribution in [3.05, 3.63) is 23.9 Å². The molecular weight excluding hydrogens is 216 g/mol. The highest BCUT2D eigenvalue weighted by molar-refractivity contribution is 5.94. The molecule has 0 atom stereocenters. The Kier molecular flexibility index (Phi) is 4.49. The smallest absolute Gasteiger partial charge is 0.254 e. The summed E-state index contributed by atoms with van der Waals surface area (Å²) in [6.07, 6.45) is 1.59. The number of carbonyl (C=O) groups excluding carboxylic acids is 1. The van der Waals surface area contributed by atoms with Crippen molar-refractivity contribution in [1.82, 2.24) is 9.88 Å². The van der Waals surface area contributed by atoms with Gasteiger partial charge in [0.05, 0.1) is 7.11 Å². The van der Waals surface area contributed by atoms with Gasteiger partial charge in [0.25, 0.3) is 5.91 Å². The Hall–Kier alpha value is -1.58. The highest BCUT2D eigenvalue weighted by Crippen LogP contribution is 2.15. The van der Waals surface area contributed by atoms with E-state index in [1.165, 1.54) is 0 Å². The molecule has 0 unspecified atom stereocenters. The van der Waals surface area contributed by atoms with E-state index < -0.39 is 0 Å². The van der Waals surface area contributed by atoms with Crippen molar-refractivity contribution in [1.29, 1.82) is 0 Å². The summed E-state index contributed by atoms with van der Waals surface area (Å²) in [7, 11) is 1.54. The van der Waals surface area contributed by atoms with Gasteiger partial charge in [0, 0.05) is 29.9 Å². The maximum absolute atomic E-state index is 12.3. The molecule has 0 spiro atoms. The van der Waals surface area contributed by atoms with Gasteiger partial charge in [0.1, 0.15) is 0 Å². The van der Waals surface area contributed by atoms with Gasteiger partial charge >= 0.3 is 0 Å². The first-order valence-electron chi connectivity index (χ1n) is 5.80. The number of ether oxygens (including phenoxy) is 1. The molecule has 17 heavy (non-hydrogen) atoms. The van der Waals surface area contributed by atoms with Crippen molar-refractivity contribution < 1.29 is 9.53 Å². The Morgan fingerprint density at radius 3 is 2.35 bits per heavy atom. The molecule has 0 aromatic carbocycles. The monoisotopic (exact) mass is 236 g/mol. The predicted molar refractivity (Wildman–Crippen MR) is 67.2 cm³/mol. The molecule has 1 heterocycles. The summed E-state index contributed by atoms with van der Waals surface area (Å²) < 4.78 is 5.02. The van der Waals surface area contributed by atoms with Crippen LogP contribution in [0.1, 0.15) is 38.1 Å². The van der Waals surface area contributed by atoms with Gasteiger partial charge in [-0.1, -0.05) is 0 Å². The number of aromatic nitrogens is 1. The van der Waals surface area contributed by atoms with Crippen LogP contribution < -0.4 is 4.74 Å². The highest BCUT2D eigenvalue weighted by atomic mass is 16.5. The Morgan fingerprint density at radius 1 is 1.29 bits per heavy atom. The molecule has 4 nitrogen and oxygen atoms in total. The molecule has 0 saturated heterocycles. The SMILES string of the molecule is COc1cc(C(=O)N(C(C)C)C(C)C)ccn1. The standard InChI is InChI=1S/C13H20N2O2/c1-9(2)15(10(3)4)13(16)11-6-7-14-12(8-11)17-5/h6-10H,1-5H3. The molecule has 94 valence electrons. The van der Waals surface area contributed by atoms with E-state index in [0.717, 1.165) is 0 Å². The fourth-order valence-electron chi connectivity index (χ4n) is 1.87. The van der Waals surface area contributed by atoms with Crippen LogP contribution in [0.2, 0.25) is 0 Å². The van der Waals surface area contributed by atoms with Gasteiger partial charge in [-0.25, -0.2) is 4.98 Å². The number of pyridine rings is 1. The lowest BCUT2D eigenvalue weighted by molar-refractivity contribution is 0.0643. The van der Waals surface area contributed by atoms with Crippen LogP contribution in [0.25, 0.3) is 0 Å². The number of carbonyl (C=O) groups is 1. The first kappa shape index (κ1) is 13.5. The van der Waals surface area contributed by atoms with E-state index in [0.29, 0.717) is 11.4 Å². The zero-order valence-corrected chi connectivity index (χ0v) is 11.1. The van der Waals surface area contributed by atoms with E-state index >= 15 is 0 Å². The lowest BCUT2D eigenvalue weighted by Crippen LogP contribution is -2.42. The molecule has 0 N–H and O–H groups in total. The van der Waals surface area contributed by atoms with Gasteiger partial charge in [-0.3, -0.25) is 4.79 Å². The number of hydrogen-bond donors (Lipinski definition) is 0. The minimum absolute atomic E-state index is 0.00991. The van der Waals surface area contributed by atoms with Crippen LogP contribution in [-0.4, -0.2) is 35.0 Å². The fraction of sp³-hybridized carbons (Fsp3) is 0.538. The summed E-state index contributed by atoms with van der Waals surface area (Å²) in [6.45, 7) is 8.04. The van der Waals surface area contributed by atoms with E-state index in [2.05, 4.69) is 4.98 Å². The third kappa shape index (κ3) is 3.19. The molecule has 1 aromatic heterocycles. The van der Waals surface area contributed by atoms with Crippen LogP contribution in [0.4, 0.5) is 0 Å². The van der Waals surface area contributed by atoms with Crippen LogP contribution in [-0.2, 0) is 0 Å². The van der Waals surface area contributed by atoms with E-state index in [4.69, 9.17) is 4.74 Å². The Bertz CT molecular complexity index is 381. The summed E-state index contributed by atoms with van der Waals surface area (Å²) in [5.41, 5.74) is 0.610. The summed E-state index contributed by atoms with van der Waals surface area (Å²) >= 11 is 0. The van der Waals surface area contributed by atoms with Crippen LogP contribution >= 0.6 is 0 Å². The normalized spacial score (nSPS) is 10.8. The molecular formula is C13H20N2O2. The maximum Gasteiger partial charge on any atom is 0.254 e. The lowest BCUT2D eigenvalue weighted by atomic mass is 10.1. The minimum Gasteiger partial charge on any atom is -0.481 e. The highest BCUT2D eigenvalue weighted by Gasteiger charge is 2.21. The van der Waals surface area contributed by atoms with E-state index in [-0.39, 0.29) is 18.0 Å². The summed E-state index contributed by atoms with van der Waals surface area (Å²) in [6, 6.07) is 3.71. The molecule has 0 bridgehead atoms. The van der Waals surface area contributed by atoms with Crippen molar-refractivity contribution in [3.63, 3.8) is 0 Å². The second kappa shape index (κ2) is 5.66.